The molecule has 0 saturated heterocycles. The van der Waals surface area contributed by atoms with Crippen molar-refractivity contribution in [2.45, 2.75) is 26.4 Å². The number of benzene rings is 1. The molecule has 0 amide bonds. The van der Waals surface area contributed by atoms with E-state index in [0.717, 1.165) is 18.5 Å². The van der Waals surface area contributed by atoms with Gasteiger partial charge in [-0.1, -0.05) is 24.9 Å². The Morgan fingerprint density at radius 2 is 2.19 bits per heavy atom. The average molecular weight is 309 g/mol. The predicted molar refractivity (Wildman–Crippen MR) is 79.7 cm³/mol. The third-order valence-corrected chi connectivity index (χ3v) is 3.20. The summed E-state index contributed by atoms with van der Waals surface area (Å²) in [5.41, 5.74) is 1.91. The fraction of sp³-hybridized carbons (Fsp3) is 0.333. The van der Waals surface area contributed by atoms with E-state index < -0.39 is 5.97 Å². The minimum atomic E-state index is -0.476. The summed E-state index contributed by atoms with van der Waals surface area (Å²) in [5, 5.41) is 7.33. The highest BCUT2D eigenvalue weighted by molar-refractivity contribution is 6.30. The van der Waals surface area contributed by atoms with Crippen molar-refractivity contribution < 1.29 is 14.3 Å². The summed E-state index contributed by atoms with van der Waals surface area (Å²) >= 11 is 5.93. The van der Waals surface area contributed by atoms with Gasteiger partial charge in [0, 0.05) is 16.3 Å². The standard InChI is InChI=1S/C15H17ClN2O3/c1-3-4-12-8-13(18-17-12)15(19)21-9-10-7-11(16)5-6-14(10)20-2/h5-8H,3-4,9H2,1-2H3,(H,17,18). The van der Waals surface area contributed by atoms with Gasteiger partial charge in [-0.25, -0.2) is 4.79 Å². The smallest absolute Gasteiger partial charge is 0.359 e. The summed E-state index contributed by atoms with van der Waals surface area (Å²) in [6.45, 7) is 2.14. The molecule has 1 N–H and O–H groups in total. The molecular weight excluding hydrogens is 292 g/mol. The Hall–Kier alpha value is -2.01. The molecule has 0 atom stereocenters. The van der Waals surface area contributed by atoms with Gasteiger partial charge in [0.05, 0.1) is 7.11 Å². The number of carbonyl (C=O) groups is 1. The van der Waals surface area contributed by atoms with Gasteiger partial charge in [0.2, 0.25) is 0 Å². The fourth-order valence-corrected chi connectivity index (χ4v) is 2.14. The molecule has 5 nitrogen and oxygen atoms in total. The van der Waals surface area contributed by atoms with Crippen molar-refractivity contribution in [3.05, 3.63) is 46.2 Å². The molecule has 0 aliphatic heterocycles. The number of esters is 1. The van der Waals surface area contributed by atoms with Gasteiger partial charge in [-0.15, -0.1) is 0 Å². The Morgan fingerprint density at radius 1 is 1.38 bits per heavy atom. The molecule has 2 aromatic rings. The number of halogens is 1. The van der Waals surface area contributed by atoms with Crippen LogP contribution in [0.25, 0.3) is 0 Å². The molecule has 2 rings (SSSR count). The first kappa shape index (κ1) is 15.4. The van der Waals surface area contributed by atoms with E-state index in [0.29, 0.717) is 16.3 Å². The van der Waals surface area contributed by atoms with Crippen LogP contribution in [0.15, 0.2) is 24.3 Å². The molecule has 21 heavy (non-hydrogen) atoms. The van der Waals surface area contributed by atoms with E-state index in [1.807, 2.05) is 0 Å². The third-order valence-electron chi connectivity index (χ3n) is 2.96. The number of methoxy groups -OCH3 is 1. The zero-order valence-corrected chi connectivity index (χ0v) is 12.7. The minimum Gasteiger partial charge on any atom is -0.496 e. The van der Waals surface area contributed by atoms with Crippen LogP contribution in [0.5, 0.6) is 5.75 Å². The molecule has 1 aromatic carbocycles. The maximum absolute atomic E-state index is 11.9. The highest BCUT2D eigenvalue weighted by atomic mass is 35.5. The van der Waals surface area contributed by atoms with Crippen molar-refractivity contribution in [1.29, 1.82) is 0 Å². The molecule has 1 aromatic heterocycles. The molecule has 0 aliphatic carbocycles. The summed E-state index contributed by atoms with van der Waals surface area (Å²) in [7, 11) is 1.55. The number of hydrogen-bond donors (Lipinski definition) is 1. The van der Waals surface area contributed by atoms with Gasteiger partial charge in [-0.05, 0) is 30.7 Å². The number of ether oxygens (including phenoxy) is 2. The molecule has 0 bridgehead atoms. The van der Waals surface area contributed by atoms with Gasteiger partial charge in [0.15, 0.2) is 5.69 Å². The fourth-order valence-electron chi connectivity index (χ4n) is 1.94. The Balaban J connectivity index is 2.01. The zero-order chi connectivity index (χ0) is 15.2. The second-order valence-electron chi connectivity index (χ2n) is 4.56. The Bertz CT molecular complexity index is 625. The third kappa shape index (κ3) is 3.98. The van der Waals surface area contributed by atoms with Crippen LogP contribution in [-0.2, 0) is 17.8 Å². The molecule has 0 saturated carbocycles. The molecule has 0 unspecified atom stereocenters. The second kappa shape index (κ2) is 7.13. The van der Waals surface area contributed by atoms with Crippen LogP contribution in [0, 0.1) is 0 Å². The Labute approximate surface area is 128 Å². The minimum absolute atomic E-state index is 0.0819. The van der Waals surface area contributed by atoms with Crippen LogP contribution >= 0.6 is 11.6 Å². The molecule has 0 spiro atoms. The maximum atomic E-state index is 11.9. The van der Waals surface area contributed by atoms with E-state index in [1.54, 1.807) is 31.4 Å². The normalized spacial score (nSPS) is 10.4. The van der Waals surface area contributed by atoms with E-state index in [4.69, 9.17) is 21.1 Å². The van der Waals surface area contributed by atoms with Crippen molar-refractivity contribution in [3.8, 4) is 5.75 Å². The van der Waals surface area contributed by atoms with Crippen LogP contribution in [0.2, 0.25) is 5.02 Å². The first-order valence-corrected chi connectivity index (χ1v) is 7.05. The van der Waals surface area contributed by atoms with Crippen LogP contribution in [0.4, 0.5) is 0 Å². The SMILES string of the molecule is CCCc1cc(C(=O)OCc2cc(Cl)ccc2OC)n[nH]1. The number of aromatic amines is 1. The van der Waals surface area contributed by atoms with Crippen LogP contribution in [-0.4, -0.2) is 23.3 Å². The summed E-state index contributed by atoms with van der Waals surface area (Å²) in [5.74, 6) is 0.150. The lowest BCUT2D eigenvalue weighted by molar-refractivity contribution is 0.0463. The van der Waals surface area contributed by atoms with E-state index in [-0.39, 0.29) is 12.3 Å². The molecule has 0 radical (unpaired) electrons. The van der Waals surface area contributed by atoms with Gasteiger partial charge >= 0.3 is 5.97 Å². The molecule has 6 heteroatoms. The Morgan fingerprint density at radius 3 is 2.90 bits per heavy atom. The Kier molecular flexibility index (Phi) is 5.22. The number of nitrogens with one attached hydrogen (secondary N) is 1. The molecule has 1 heterocycles. The molecule has 0 aliphatic rings. The van der Waals surface area contributed by atoms with E-state index in [9.17, 15) is 4.79 Å². The largest absolute Gasteiger partial charge is 0.496 e. The molecule has 0 fully saturated rings. The lowest BCUT2D eigenvalue weighted by Crippen LogP contribution is -2.06. The lowest BCUT2D eigenvalue weighted by Gasteiger charge is -2.09. The topological polar surface area (TPSA) is 64.2 Å². The summed E-state index contributed by atoms with van der Waals surface area (Å²) < 4.78 is 10.4. The summed E-state index contributed by atoms with van der Waals surface area (Å²) in [6, 6.07) is 6.87. The summed E-state index contributed by atoms with van der Waals surface area (Å²) in [6.07, 6.45) is 1.83. The van der Waals surface area contributed by atoms with Crippen LogP contribution < -0.4 is 4.74 Å². The number of H-pyrrole nitrogens is 1. The van der Waals surface area contributed by atoms with Gasteiger partial charge < -0.3 is 9.47 Å². The van der Waals surface area contributed by atoms with Crippen molar-refractivity contribution in [3.63, 3.8) is 0 Å². The van der Waals surface area contributed by atoms with Crippen LogP contribution in [0.3, 0.4) is 0 Å². The van der Waals surface area contributed by atoms with Gasteiger partial charge in [0.1, 0.15) is 12.4 Å². The van der Waals surface area contributed by atoms with Crippen molar-refractivity contribution in [1.82, 2.24) is 10.2 Å². The summed E-state index contributed by atoms with van der Waals surface area (Å²) in [4.78, 5) is 11.9. The van der Waals surface area contributed by atoms with E-state index in [2.05, 4.69) is 17.1 Å². The number of aryl methyl sites for hydroxylation is 1. The van der Waals surface area contributed by atoms with Crippen molar-refractivity contribution in [2.75, 3.05) is 7.11 Å². The first-order valence-electron chi connectivity index (χ1n) is 6.68. The quantitative estimate of drug-likeness (QED) is 0.831. The number of carbonyl (C=O) groups excluding carboxylic acids is 1. The lowest BCUT2D eigenvalue weighted by atomic mass is 10.2. The molecular formula is C15H17ClN2O3. The molecule has 112 valence electrons. The van der Waals surface area contributed by atoms with Crippen molar-refractivity contribution in [2.24, 2.45) is 0 Å². The van der Waals surface area contributed by atoms with Gasteiger partial charge in [-0.2, -0.15) is 5.10 Å². The zero-order valence-electron chi connectivity index (χ0n) is 12.0. The van der Waals surface area contributed by atoms with Gasteiger partial charge in [0.25, 0.3) is 0 Å². The van der Waals surface area contributed by atoms with Crippen molar-refractivity contribution >= 4 is 17.6 Å². The number of rotatable bonds is 6. The average Bonchev–Trinajstić information content (AvgIpc) is 2.94. The van der Waals surface area contributed by atoms with Crippen LogP contribution in [0.1, 0.15) is 35.1 Å². The van der Waals surface area contributed by atoms with E-state index in [1.165, 1.54) is 0 Å². The number of hydrogen-bond acceptors (Lipinski definition) is 4. The number of nitrogens with zero attached hydrogens (tertiary/aromatic N) is 1. The maximum Gasteiger partial charge on any atom is 0.359 e. The second-order valence-corrected chi connectivity index (χ2v) is 5.00. The monoisotopic (exact) mass is 308 g/mol. The highest BCUT2D eigenvalue weighted by Crippen LogP contribution is 2.23. The van der Waals surface area contributed by atoms with E-state index >= 15 is 0 Å². The number of aromatic nitrogens is 2. The predicted octanol–water partition coefficient (Wildman–Crippen LogP) is 3.38. The first-order chi connectivity index (χ1) is 10.1. The van der Waals surface area contributed by atoms with Gasteiger partial charge in [-0.3, -0.25) is 5.10 Å². The highest BCUT2D eigenvalue weighted by Gasteiger charge is 2.13.